The minimum atomic E-state index is -0.966. The van der Waals surface area contributed by atoms with Crippen LogP contribution in [0.3, 0.4) is 0 Å². The van der Waals surface area contributed by atoms with Crippen molar-refractivity contribution < 1.29 is 15.0 Å². The van der Waals surface area contributed by atoms with Crippen molar-refractivity contribution >= 4 is 21.9 Å². The molecule has 0 radical (unpaired) electrons. The summed E-state index contributed by atoms with van der Waals surface area (Å²) in [4.78, 5) is 11.6. The van der Waals surface area contributed by atoms with Gasteiger partial charge in [0, 0.05) is 17.7 Å². The molecule has 1 aromatic heterocycles. The first-order valence-corrected chi connectivity index (χ1v) is 7.87. The Bertz CT molecular complexity index is 755. The second-order valence-corrected chi connectivity index (χ2v) is 6.16. The summed E-state index contributed by atoms with van der Waals surface area (Å²) >= 11 is 3.30. The molecule has 116 valence electrons. The molecule has 0 amide bonds. The molecule has 1 heterocycles. The first-order valence-electron chi connectivity index (χ1n) is 7.07. The molecule has 22 heavy (non-hydrogen) atoms. The fourth-order valence-electron chi connectivity index (χ4n) is 2.89. The first kappa shape index (κ1) is 15.1. The highest BCUT2D eigenvalue weighted by Gasteiger charge is 2.28. The zero-order valence-corrected chi connectivity index (χ0v) is 13.4. The normalized spacial score (nSPS) is 12.8. The number of benzene rings is 1. The van der Waals surface area contributed by atoms with Gasteiger partial charge in [-0.15, -0.1) is 0 Å². The summed E-state index contributed by atoms with van der Waals surface area (Å²) in [6.45, 7) is 0.972. The van der Waals surface area contributed by atoms with Crippen molar-refractivity contribution in [2.75, 3.05) is 6.54 Å². The van der Waals surface area contributed by atoms with Crippen molar-refractivity contribution in [1.29, 1.82) is 0 Å². The van der Waals surface area contributed by atoms with Crippen molar-refractivity contribution in [3.63, 3.8) is 0 Å². The molecular weight excluding hydrogens is 350 g/mol. The van der Waals surface area contributed by atoms with E-state index in [1.165, 1.54) is 4.68 Å². The van der Waals surface area contributed by atoms with Crippen LogP contribution >= 0.6 is 15.9 Å². The number of aryl methyl sites for hydroxylation is 2. The maximum Gasteiger partial charge on any atom is 0.354 e. The minimum absolute atomic E-state index is 0.184. The summed E-state index contributed by atoms with van der Waals surface area (Å²) in [7, 11) is 0. The third-order valence-electron chi connectivity index (χ3n) is 3.90. The van der Waals surface area contributed by atoms with Crippen molar-refractivity contribution in [2.24, 2.45) is 5.73 Å². The summed E-state index contributed by atoms with van der Waals surface area (Å²) in [6.07, 6.45) is 1.96. The SMILES string of the molecule is NCCCn1nc2c(c1C(=O)O)CCc1cc(O)c(Br)cc1-2. The van der Waals surface area contributed by atoms with Gasteiger partial charge in [0.25, 0.3) is 0 Å². The van der Waals surface area contributed by atoms with Crippen LogP contribution in [-0.2, 0) is 19.4 Å². The summed E-state index contributed by atoms with van der Waals surface area (Å²) in [6, 6.07) is 3.51. The highest BCUT2D eigenvalue weighted by molar-refractivity contribution is 9.10. The van der Waals surface area contributed by atoms with Gasteiger partial charge in [-0.25, -0.2) is 4.79 Å². The van der Waals surface area contributed by atoms with E-state index in [1.54, 1.807) is 12.1 Å². The molecular formula is C15H16BrN3O3. The molecule has 0 saturated heterocycles. The van der Waals surface area contributed by atoms with Crippen LogP contribution in [0.25, 0.3) is 11.3 Å². The number of phenolic OH excluding ortho intramolecular Hbond substituents is 1. The standard InChI is InChI=1S/C15H16BrN3O3/c16-11-7-10-8(6-12(11)20)2-3-9-13(10)18-19(5-1-4-17)14(9)15(21)22/h6-7,20H,1-5,17H2,(H,21,22). The molecule has 0 atom stereocenters. The topological polar surface area (TPSA) is 101 Å². The van der Waals surface area contributed by atoms with Gasteiger partial charge in [0.2, 0.25) is 0 Å². The van der Waals surface area contributed by atoms with Gasteiger partial charge in [0.15, 0.2) is 0 Å². The summed E-state index contributed by atoms with van der Waals surface area (Å²) in [5.74, 6) is -0.782. The number of phenols is 1. The monoisotopic (exact) mass is 365 g/mol. The van der Waals surface area contributed by atoms with Gasteiger partial charge in [-0.05, 0) is 59.4 Å². The molecule has 0 bridgehead atoms. The van der Waals surface area contributed by atoms with Crippen LogP contribution in [0.1, 0.15) is 28.0 Å². The Morgan fingerprint density at radius 1 is 1.41 bits per heavy atom. The number of fused-ring (bicyclic) bond motifs is 3. The van der Waals surface area contributed by atoms with Crippen LogP contribution in [0.2, 0.25) is 0 Å². The van der Waals surface area contributed by atoms with Gasteiger partial charge in [-0.1, -0.05) is 0 Å². The van der Waals surface area contributed by atoms with E-state index in [0.717, 1.165) is 16.7 Å². The van der Waals surface area contributed by atoms with E-state index in [9.17, 15) is 15.0 Å². The third kappa shape index (κ3) is 2.40. The highest BCUT2D eigenvalue weighted by Crippen LogP contribution is 2.39. The zero-order chi connectivity index (χ0) is 15.9. The van der Waals surface area contributed by atoms with E-state index in [2.05, 4.69) is 21.0 Å². The second kappa shape index (κ2) is 5.73. The molecule has 4 N–H and O–H groups in total. The van der Waals surface area contributed by atoms with Gasteiger partial charge < -0.3 is 15.9 Å². The predicted octanol–water partition coefficient (Wildman–Crippen LogP) is 2.16. The van der Waals surface area contributed by atoms with Gasteiger partial charge in [0.1, 0.15) is 11.4 Å². The average molecular weight is 366 g/mol. The van der Waals surface area contributed by atoms with Crippen molar-refractivity contribution in [2.45, 2.75) is 25.8 Å². The molecule has 3 rings (SSSR count). The quantitative estimate of drug-likeness (QED) is 0.770. The number of hydrogen-bond donors (Lipinski definition) is 3. The lowest BCUT2D eigenvalue weighted by molar-refractivity contribution is 0.0681. The van der Waals surface area contributed by atoms with Gasteiger partial charge in [-0.3, -0.25) is 4.68 Å². The van der Waals surface area contributed by atoms with Gasteiger partial charge in [-0.2, -0.15) is 5.10 Å². The van der Waals surface area contributed by atoms with Gasteiger partial charge >= 0.3 is 5.97 Å². The largest absolute Gasteiger partial charge is 0.507 e. The van der Waals surface area contributed by atoms with Crippen molar-refractivity contribution in [3.05, 3.63) is 33.4 Å². The van der Waals surface area contributed by atoms with E-state index >= 15 is 0 Å². The number of nitrogens with zero attached hydrogens (tertiary/aromatic N) is 2. The van der Waals surface area contributed by atoms with E-state index < -0.39 is 5.97 Å². The van der Waals surface area contributed by atoms with E-state index in [1.807, 2.05) is 0 Å². The molecule has 1 aliphatic rings. The van der Waals surface area contributed by atoms with Crippen molar-refractivity contribution in [3.8, 4) is 17.0 Å². The molecule has 2 aromatic rings. The molecule has 6 nitrogen and oxygen atoms in total. The number of aromatic carboxylic acids is 1. The maximum absolute atomic E-state index is 11.6. The Hall–Kier alpha value is -1.86. The number of halogens is 1. The first-order chi connectivity index (χ1) is 10.5. The van der Waals surface area contributed by atoms with Crippen LogP contribution in [0.15, 0.2) is 16.6 Å². The Morgan fingerprint density at radius 3 is 2.86 bits per heavy atom. The maximum atomic E-state index is 11.6. The van der Waals surface area contributed by atoms with Crippen LogP contribution < -0.4 is 5.73 Å². The van der Waals surface area contributed by atoms with Gasteiger partial charge in [0.05, 0.1) is 10.2 Å². The molecule has 0 saturated carbocycles. The lowest BCUT2D eigenvalue weighted by Gasteiger charge is -2.16. The molecule has 0 fully saturated rings. The van der Waals surface area contributed by atoms with E-state index in [4.69, 9.17) is 5.73 Å². The van der Waals surface area contributed by atoms with Crippen LogP contribution in [0, 0.1) is 0 Å². The average Bonchev–Trinajstić information content (AvgIpc) is 2.85. The van der Waals surface area contributed by atoms with Crippen LogP contribution in [-0.4, -0.2) is 32.5 Å². The lowest BCUT2D eigenvalue weighted by atomic mass is 9.89. The number of aromatic hydroxyl groups is 1. The number of carboxylic acid groups (broad SMARTS) is 1. The molecule has 0 aliphatic heterocycles. The second-order valence-electron chi connectivity index (χ2n) is 5.31. The van der Waals surface area contributed by atoms with Crippen LogP contribution in [0.5, 0.6) is 5.75 Å². The number of hydrogen-bond acceptors (Lipinski definition) is 4. The number of carboxylic acids is 1. The minimum Gasteiger partial charge on any atom is -0.507 e. The summed E-state index contributed by atoms with van der Waals surface area (Å²) in [5.41, 5.74) is 9.07. The fraction of sp³-hybridized carbons (Fsp3) is 0.333. The van der Waals surface area contributed by atoms with Crippen molar-refractivity contribution in [1.82, 2.24) is 9.78 Å². The number of nitrogens with two attached hydrogens (primary N) is 1. The molecule has 1 aromatic carbocycles. The number of rotatable bonds is 4. The number of carbonyl (C=O) groups is 1. The molecule has 7 heteroatoms. The molecule has 0 unspecified atom stereocenters. The Balaban J connectivity index is 2.17. The van der Waals surface area contributed by atoms with E-state index in [-0.39, 0.29) is 11.4 Å². The predicted molar refractivity (Wildman–Crippen MR) is 85.1 cm³/mol. The fourth-order valence-corrected chi connectivity index (χ4v) is 3.23. The Morgan fingerprint density at radius 2 is 2.18 bits per heavy atom. The van der Waals surface area contributed by atoms with Crippen LogP contribution in [0.4, 0.5) is 0 Å². The van der Waals surface area contributed by atoms with E-state index in [0.29, 0.717) is 42.5 Å². The molecule has 1 aliphatic carbocycles. The summed E-state index contributed by atoms with van der Waals surface area (Å²) < 4.78 is 2.11. The smallest absolute Gasteiger partial charge is 0.354 e. The number of aromatic nitrogens is 2. The highest BCUT2D eigenvalue weighted by atomic mass is 79.9. The molecule has 0 spiro atoms. The Kier molecular flexibility index (Phi) is 3.92. The third-order valence-corrected chi connectivity index (χ3v) is 4.53. The Labute approximate surface area is 135 Å². The zero-order valence-electron chi connectivity index (χ0n) is 11.8. The summed E-state index contributed by atoms with van der Waals surface area (Å²) in [5, 5.41) is 23.8. The lowest BCUT2D eigenvalue weighted by Crippen LogP contribution is -2.14.